The largest absolute Gasteiger partial charge is 0.478 e. The highest BCUT2D eigenvalue weighted by molar-refractivity contribution is 6.30. The lowest BCUT2D eigenvalue weighted by atomic mass is 10.1. The maximum atomic E-state index is 14.3. The second kappa shape index (κ2) is 6.90. The second-order valence-corrected chi connectivity index (χ2v) is 6.23. The summed E-state index contributed by atoms with van der Waals surface area (Å²) in [5.74, 6) is -1.17. The Labute approximate surface area is 157 Å². The molecule has 0 bridgehead atoms. The molecule has 1 aromatic carbocycles. The van der Waals surface area contributed by atoms with E-state index in [0.717, 1.165) is 0 Å². The Bertz CT molecular complexity index is 1060. The standard InChI is InChI=1S/C18H12ClFN4O3/c19-9-1-2-13(20)10(5-9)16-23-15-8-27-7-12(15)17(24-16)22-14-3-4-21-6-11(14)18(25)26/h1-6H,7-8H2,(H,25,26)(H,21,22,23,24). The molecule has 4 rings (SSSR count). The van der Waals surface area contributed by atoms with Crippen LogP contribution >= 0.6 is 11.6 Å². The molecule has 0 fully saturated rings. The number of benzene rings is 1. The van der Waals surface area contributed by atoms with E-state index in [1.807, 2.05) is 0 Å². The number of halogens is 2. The third-order valence-corrected chi connectivity index (χ3v) is 4.29. The molecule has 0 saturated carbocycles. The van der Waals surface area contributed by atoms with Crippen LogP contribution in [0.5, 0.6) is 0 Å². The lowest BCUT2D eigenvalue weighted by Gasteiger charge is -2.13. The number of fused-ring (bicyclic) bond motifs is 1. The van der Waals surface area contributed by atoms with Gasteiger partial charge in [0.15, 0.2) is 5.82 Å². The molecule has 7 nitrogen and oxygen atoms in total. The lowest BCUT2D eigenvalue weighted by Crippen LogP contribution is -2.08. The number of carboxylic acid groups (broad SMARTS) is 1. The first kappa shape index (κ1) is 17.3. The number of pyridine rings is 1. The van der Waals surface area contributed by atoms with Gasteiger partial charge in [-0.15, -0.1) is 0 Å². The second-order valence-electron chi connectivity index (χ2n) is 5.79. The van der Waals surface area contributed by atoms with E-state index < -0.39 is 11.8 Å². The van der Waals surface area contributed by atoms with E-state index in [-0.39, 0.29) is 30.2 Å². The lowest BCUT2D eigenvalue weighted by molar-refractivity contribution is 0.0697. The van der Waals surface area contributed by atoms with Gasteiger partial charge in [-0.05, 0) is 24.3 Å². The maximum absolute atomic E-state index is 14.3. The van der Waals surface area contributed by atoms with Gasteiger partial charge in [0, 0.05) is 23.0 Å². The van der Waals surface area contributed by atoms with Gasteiger partial charge in [-0.25, -0.2) is 19.2 Å². The summed E-state index contributed by atoms with van der Waals surface area (Å²) in [6.45, 7) is 0.521. The number of aromatic nitrogens is 3. The molecule has 2 aromatic heterocycles. The van der Waals surface area contributed by atoms with Crippen molar-refractivity contribution in [1.29, 1.82) is 0 Å². The van der Waals surface area contributed by atoms with Crippen LogP contribution in [0.4, 0.5) is 15.9 Å². The van der Waals surface area contributed by atoms with Gasteiger partial charge in [-0.3, -0.25) is 4.98 Å². The van der Waals surface area contributed by atoms with Crippen LogP contribution in [0.25, 0.3) is 11.4 Å². The van der Waals surface area contributed by atoms with Gasteiger partial charge in [-0.1, -0.05) is 11.6 Å². The van der Waals surface area contributed by atoms with Crippen molar-refractivity contribution in [2.75, 3.05) is 5.32 Å². The molecule has 3 heterocycles. The normalized spacial score (nSPS) is 12.7. The fourth-order valence-corrected chi connectivity index (χ4v) is 2.92. The van der Waals surface area contributed by atoms with Crippen LogP contribution in [0.15, 0.2) is 36.7 Å². The zero-order valence-electron chi connectivity index (χ0n) is 13.7. The zero-order chi connectivity index (χ0) is 19.0. The van der Waals surface area contributed by atoms with Crippen LogP contribution in [-0.2, 0) is 18.0 Å². The van der Waals surface area contributed by atoms with Crippen LogP contribution in [-0.4, -0.2) is 26.0 Å². The minimum atomic E-state index is -1.13. The molecule has 0 amide bonds. The van der Waals surface area contributed by atoms with Gasteiger partial charge < -0.3 is 15.2 Å². The summed E-state index contributed by atoms with van der Waals surface area (Å²) in [6.07, 6.45) is 2.70. The minimum absolute atomic E-state index is 0.0146. The molecule has 136 valence electrons. The van der Waals surface area contributed by atoms with Crippen LogP contribution in [0.3, 0.4) is 0 Å². The molecule has 3 aromatic rings. The van der Waals surface area contributed by atoms with E-state index in [4.69, 9.17) is 16.3 Å². The van der Waals surface area contributed by atoms with E-state index in [1.54, 1.807) is 0 Å². The summed E-state index contributed by atoms with van der Waals surface area (Å²) in [7, 11) is 0. The molecule has 0 atom stereocenters. The van der Waals surface area contributed by atoms with Crippen molar-refractivity contribution in [2.24, 2.45) is 0 Å². The quantitative estimate of drug-likeness (QED) is 0.703. The summed E-state index contributed by atoms with van der Waals surface area (Å²) in [5.41, 5.74) is 1.73. The van der Waals surface area contributed by atoms with E-state index in [1.165, 1.54) is 36.7 Å². The number of ether oxygens (including phenoxy) is 1. The van der Waals surface area contributed by atoms with Gasteiger partial charge in [0.05, 0.1) is 30.2 Å². The SMILES string of the molecule is O=C(O)c1cnccc1Nc1nc(-c2cc(Cl)ccc2F)nc2c1COC2. The van der Waals surface area contributed by atoms with Crippen molar-refractivity contribution in [1.82, 2.24) is 15.0 Å². The van der Waals surface area contributed by atoms with Gasteiger partial charge >= 0.3 is 5.97 Å². The van der Waals surface area contributed by atoms with Gasteiger partial charge in [-0.2, -0.15) is 0 Å². The summed E-state index contributed by atoms with van der Waals surface area (Å²) in [6, 6.07) is 5.64. The van der Waals surface area contributed by atoms with Crippen LogP contribution in [0.1, 0.15) is 21.6 Å². The molecule has 1 aliphatic heterocycles. The van der Waals surface area contributed by atoms with Crippen LogP contribution in [0.2, 0.25) is 5.02 Å². The predicted molar refractivity (Wildman–Crippen MR) is 95.4 cm³/mol. The highest BCUT2D eigenvalue weighted by Crippen LogP contribution is 2.32. The Kier molecular flexibility index (Phi) is 4.43. The van der Waals surface area contributed by atoms with Crippen molar-refractivity contribution < 1.29 is 19.0 Å². The summed E-state index contributed by atoms with van der Waals surface area (Å²) < 4.78 is 19.7. The summed E-state index contributed by atoms with van der Waals surface area (Å²) in [4.78, 5) is 24.0. The van der Waals surface area contributed by atoms with Crippen LogP contribution in [0, 0.1) is 5.82 Å². The number of aromatic carboxylic acids is 1. The molecule has 27 heavy (non-hydrogen) atoms. The van der Waals surface area contributed by atoms with Crippen LogP contribution < -0.4 is 5.32 Å². The van der Waals surface area contributed by atoms with Crippen molar-refractivity contribution in [2.45, 2.75) is 13.2 Å². The molecular formula is C18H12ClFN4O3. The first-order chi connectivity index (χ1) is 13.0. The first-order valence-electron chi connectivity index (χ1n) is 7.90. The highest BCUT2D eigenvalue weighted by atomic mass is 35.5. The Hall–Kier alpha value is -3.10. The van der Waals surface area contributed by atoms with Gasteiger partial charge in [0.25, 0.3) is 0 Å². The Morgan fingerprint density at radius 3 is 2.93 bits per heavy atom. The molecular weight excluding hydrogens is 375 g/mol. The van der Waals surface area contributed by atoms with E-state index in [0.29, 0.717) is 27.8 Å². The smallest absolute Gasteiger partial charge is 0.339 e. The third kappa shape index (κ3) is 3.32. The molecule has 0 radical (unpaired) electrons. The number of rotatable bonds is 4. The summed E-state index contributed by atoms with van der Waals surface area (Å²) in [5, 5.41) is 12.7. The molecule has 0 saturated heterocycles. The number of hydrogen-bond acceptors (Lipinski definition) is 6. The molecule has 9 heteroatoms. The van der Waals surface area contributed by atoms with Crippen molar-refractivity contribution in [3.05, 3.63) is 64.3 Å². The monoisotopic (exact) mass is 386 g/mol. The minimum Gasteiger partial charge on any atom is -0.478 e. The zero-order valence-corrected chi connectivity index (χ0v) is 14.5. The average Bonchev–Trinajstić information content (AvgIpc) is 3.13. The third-order valence-electron chi connectivity index (χ3n) is 4.05. The number of nitrogens with one attached hydrogen (secondary N) is 1. The number of anilines is 2. The van der Waals surface area contributed by atoms with E-state index in [9.17, 15) is 14.3 Å². The predicted octanol–water partition coefficient (Wildman–Crippen LogP) is 3.80. The molecule has 1 aliphatic rings. The van der Waals surface area contributed by atoms with E-state index >= 15 is 0 Å². The van der Waals surface area contributed by atoms with Crippen molar-refractivity contribution in [3.8, 4) is 11.4 Å². The Morgan fingerprint density at radius 1 is 1.26 bits per heavy atom. The van der Waals surface area contributed by atoms with Gasteiger partial charge in [0.2, 0.25) is 0 Å². The average molecular weight is 387 g/mol. The fraction of sp³-hybridized carbons (Fsp3) is 0.111. The number of carbonyl (C=O) groups is 1. The molecule has 0 unspecified atom stereocenters. The topological polar surface area (TPSA) is 97.2 Å². The number of nitrogens with zero attached hydrogens (tertiary/aromatic N) is 3. The Balaban J connectivity index is 1.83. The fourth-order valence-electron chi connectivity index (χ4n) is 2.75. The maximum Gasteiger partial charge on any atom is 0.339 e. The van der Waals surface area contributed by atoms with Gasteiger partial charge in [0.1, 0.15) is 17.2 Å². The highest BCUT2D eigenvalue weighted by Gasteiger charge is 2.23. The molecule has 0 aliphatic carbocycles. The first-order valence-corrected chi connectivity index (χ1v) is 8.28. The Morgan fingerprint density at radius 2 is 2.11 bits per heavy atom. The molecule has 2 N–H and O–H groups in total. The van der Waals surface area contributed by atoms with Crippen molar-refractivity contribution in [3.63, 3.8) is 0 Å². The van der Waals surface area contributed by atoms with Crippen molar-refractivity contribution >= 4 is 29.1 Å². The number of carboxylic acids is 1. The summed E-state index contributed by atoms with van der Waals surface area (Å²) >= 11 is 5.97. The number of hydrogen-bond donors (Lipinski definition) is 2. The van der Waals surface area contributed by atoms with E-state index in [2.05, 4.69) is 20.3 Å². The molecule has 0 spiro atoms.